The van der Waals surface area contributed by atoms with Gasteiger partial charge in [0.15, 0.2) is 0 Å². The van der Waals surface area contributed by atoms with E-state index < -0.39 is 6.61 Å². The summed E-state index contributed by atoms with van der Waals surface area (Å²) in [5, 5.41) is 3.54. The van der Waals surface area contributed by atoms with Crippen LogP contribution in [0.2, 0.25) is 0 Å². The molecule has 0 fully saturated rings. The number of alkyl halides is 2. The number of halogens is 2. The second-order valence-corrected chi connectivity index (χ2v) is 6.05. The Morgan fingerprint density at radius 3 is 2.62 bits per heavy atom. The zero-order valence-corrected chi connectivity index (χ0v) is 13.8. The van der Waals surface area contributed by atoms with Crippen LogP contribution in [0.5, 0.6) is 11.5 Å². The Labute approximate surface area is 140 Å². The third-order valence-corrected chi connectivity index (χ3v) is 4.24. The second kappa shape index (κ2) is 7.18. The van der Waals surface area contributed by atoms with Crippen molar-refractivity contribution in [1.29, 1.82) is 0 Å². The van der Waals surface area contributed by atoms with Gasteiger partial charge in [-0.3, -0.25) is 0 Å². The first kappa shape index (κ1) is 16.7. The molecule has 0 saturated heterocycles. The normalized spacial score (nSPS) is 16.6. The smallest absolute Gasteiger partial charge is 0.387 e. The first-order chi connectivity index (χ1) is 11.5. The van der Waals surface area contributed by atoms with Crippen molar-refractivity contribution in [2.45, 2.75) is 39.5 Å². The first-order valence-electron chi connectivity index (χ1n) is 8.04. The van der Waals surface area contributed by atoms with E-state index in [-0.39, 0.29) is 11.8 Å². The van der Waals surface area contributed by atoms with Crippen molar-refractivity contribution >= 4 is 0 Å². The molecule has 3 rings (SSSR count). The number of fused-ring (bicyclic) bond motifs is 1. The quantitative estimate of drug-likeness (QED) is 0.873. The van der Waals surface area contributed by atoms with E-state index in [1.807, 2.05) is 30.3 Å². The maximum atomic E-state index is 12.5. The highest BCUT2D eigenvalue weighted by Gasteiger charge is 2.20. The van der Waals surface area contributed by atoms with E-state index in [1.165, 1.54) is 0 Å². The molecule has 1 N–H and O–H groups in total. The van der Waals surface area contributed by atoms with Crippen molar-refractivity contribution in [1.82, 2.24) is 5.32 Å². The molecule has 1 unspecified atom stereocenters. The minimum absolute atomic E-state index is 0.229. The summed E-state index contributed by atoms with van der Waals surface area (Å²) in [6, 6.07) is 12.0. The molecule has 1 aliphatic rings. The van der Waals surface area contributed by atoms with E-state index in [1.54, 1.807) is 13.8 Å². The van der Waals surface area contributed by atoms with Crippen LogP contribution in [-0.4, -0.2) is 13.2 Å². The summed E-state index contributed by atoms with van der Waals surface area (Å²) < 4.78 is 35.2. The minimum atomic E-state index is -2.80. The fraction of sp³-hybridized carbons (Fsp3) is 0.368. The van der Waals surface area contributed by atoms with Crippen molar-refractivity contribution in [2.75, 3.05) is 6.61 Å². The predicted molar refractivity (Wildman–Crippen MR) is 88.7 cm³/mol. The van der Waals surface area contributed by atoms with Gasteiger partial charge in [0.25, 0.3) is 0 Å². The summed E-state index contributed by atoms with van der Waals surface area (Å²) in [5.74, 6) is 1.19. The summed E-state index contributed by atoms with van der Waals surface area (Å²) in [6.07, 6.45) is 0.904. The summed E-state index contributed by atoms with van der Waals surface area (Å²) in [6.45, 7) is 2.13. The summed E-state index contributed by atoms with van der Waals surface area (Å²) >= 11 is 0. The second-order valence-electron chi connectivity index (χ2n) is 6.05. The van der Waals surface area contributed by atoms with Gasteiger partial charge in [0.1, 0.15) is 11.5 Å². The van der Waals surface area contributed by atoms with Gasteiger partial charge in [0.05, 0.1) is 6.61 Å². The van der Waals surface area contributed by atoms with Gasteiger partial charge in [-0.2, -0.15) is 8.78 Å². The van der Waals surface area contributed by atoms with Gasteiger partial charge < -0.3 is 14.8 Å². The molecular weight excluding hydrogens is 312 g/mol. The van der Waals surface area contributed by atoms with Crippen LogP contribution in [0.25, 0.3) is 0 Å². The van der Waals surface area contributed by atoms with E-state index >= 15 is 0 Å². The summed E-state index contributed by atoms with van der Waals surface area (Å²) in [7, 11) is 0. The number of nitrogens with one attached hydrogen (secondary N) is 1. The lowest BCUT2D eigenvalue weighted by Gasteiger charge is -2.27. The van der Waals surface area contributed by atoms with Crippen LogP contribution in [0.3, 0.4) is 0 Å². The summed E-state index contributed by atoms with van der Waals surface area (Å²) in [4.78, 5) is 0. The highest BCUT2D eigenvalue weighted by Crippen LogP contribution is 2.32. The molecule has 0 aromatic heterocycles. The third-order valence-electron chi connectivity index (χ3n) is 4.24. The Morgan fingerprint density at radius 2 is 1.92 bits per heavy atom. The topological polar surface area (TPSA) is 30.5 Å². The van der Waals surface area contributed by atoms with Gasteiger partial charge in [0, 0.05) is 24.6 Å². The van der Waals surface area contributed by atoms with Gasteiger partial charge in [-0.25, -0.2) is 0 Å². The number of aryl methyl sites for hydroxylation is 2. The predicted octanol–water partition coefficient (Wildman–Crippen LogP) is 4.52. The standard InChI is InChI=1S/C19H21F2NO2/c1-12-9-14(10-13(2)18(12)24-19(20)21)11-22-16-7-8-23-17-6-4-3-5-15(16)17/h3-6,9-10,16,19,22H,7-8,11H2,1-2H3. The van der Waals surface area contributed by atoms with Crippen molar-refractivity contribution < 1.29 is 18.3 Å². The molecule has 0 saturated carbocycles. The van der Waals surface area contributed by atoms with Crippen molar-refractivity contribution in [3.63, 3.8) is 0 Å². The molecule has 0 bridgehead atoms. The molecule has 2 aromatic rings. The lowest BCUT2D eigenvalue weighted by atomic mass is 9.99. The molecule has 1 heterocycles. The van der Waals surface area contributed by atoms with Crippen LogP contribution >= 0.6 is 0 Å². The first-order valence-corrected chi connectivity index (χ1v) is 8.04. The van der Waals surface area contributed by atoms with Crippen LogP contribution in [0.15, 0.2) is 36.4 Å². The molecule has 0 spiro atoms. The van der Waals surface area contributed by atoms with E-state index in [0.29, 0.717) is 13.2 Å². The van der Waals surface area contributed by atoms with Crippen LogP contribution in [0.4, 0.5) is 8.78 Å². The maximum Gasteiger partial charge on any atom is 0.387 e. The fourth-order valence-corrected chi connectivity index (χ4v) is 3.21. The fourth-order valence-electron chi connectivity index (χ4n) is 3.21. The average molecular weight is 333 g/mol. The Kier molecular flexibility index (Phi) is 5.00. The molecule has 24 heavy (non-hydrogen) atoms. The maximum absolute atomic E-state index is 12.5. The van der Waals surface area contributed by atoms with E-state index in [4.69, 9.17) is 4.74 Å². The SMILES string of the molecule is Cc1cc(CNC2CCOc3ccccc32)cc(C)c1OC(F)F. The van der Waals surface area contributed by atoms with Gasteiger partial charge in [-0.1, -0.05) is 30.3 Å². The van der Waals surface area contributed by atoms with Crippen molar-refractivity contribution in [3.8, 4) is 11.5 Å². The van der Waals surface area contributed by atoms with Crippen molar-refractivity contribution in [2.24, 2.45) is 0 Å². The average Bonchev–Trinajstić information content (AvgIpc) is 2.56. The van der Waals surface area contributed by atoms with E-state index in [2.05, 4.69) is 16.1 Å². The molecule has 0 radical (unpaired) electrons. The molecular formula is C19H21F2NO2. The van der Waals surface area contributed by atoms with Crippen LogP contribution in [0, 0.1) is 13.8 Å². The largest absolute Gasteiger partial charge is 0.493 e. The van der Waals surface area contributed by atoms with Crippen LogP contribution < -0.4 is 14.8 Å². The molecule has 0 amide bonds. The van der Waals surface area contributed by atoms with Gasteiger partial charge in [-0.15, -0.1) is 0 Å². The van der Waals surface area contributed by atoms with E-state index in [9.17, 15) is 8.78 Å². The highest BCUT2D eigenvalue weighted by atomic mass is 19.3. The number of hydrogen-bond acceptors (Lipinski definition) is 3. The number of benzene rings is 2. The third kappa shape index (κ3) is 3.67. The Hall–Kier alpha value is -2.14. The molecule has 1 aliphatic heterocycles. The molecule has 5 heteroatoms. The van der Waals surface area contributed by atoms with Crippen molar-refractivity contribution in [3.05, 3.63) is 58.7 Å². The number of para-hydroxylation sites is 1. The zero-order chi connectivity index (χ0) is 17.1. The van der Waals surface area contributed by atoms with Gasteiger partial charge in [-0.05, 0) is 36.6 Å². The Balaban J connectivity index is 1.72. The number of rotatable bonds is 5. The highest BCUT2D eigenvalue weighted by molar-refractivity contribution is 5.43. The minimum Gasteiger partial charge on any atom is -0.493 e. The lowest BCUT2D eigenvalue weighted by molar-refractivity contribution is -0.0507. The molecule has 1 atom stereocenters. The van der Waals surface area contributed by atoms with Gasteiger partial charge in [0.2, 0.25) is 0 Å². The number of hydrogen-bond donors (Lipinski definition) is 1. The molecule has 2 aromatic carbocycles. The molecule has 3 nitrogen and oxygen atoms in total. The Morgan fingerprint density at radius 1 is 1.21 bits per heavy atom. The zero-order valence-electron chi connectivity index (χ0n) is 13.8. The van der Waals surface area contributed by atoms with Crippen LogP contribution in [-0.2, 0) is 6.54 Å². The van der Waals surface area contributed by atoms with Crippen LogP contribution in [0.1, 0.15) is 34.7 Å². The Bertz CT molecular complexity index is 695. The number of ether oxygens (including phenoxy) is 2. The lowest BCUT2D eigenvalue weighted by Crippen LogP contribution is -2.26. The summed E-state index contributed by atoms with van der Waals surface area (Å²) in [5.41, 5.74) is 3.66. The monoisotopic (exact) mass is 333 g/mol. The molecule has 128 valence electrons. The molecule has 0 aliphatic carbocycles. The van der Waals surface area contributed by atoms with E-state index in [0.717, 1.165) is 34.4 Å². The van der Waals surface area contributed by atoms with Gasteiger partial charge >= 0.3 is 6.61 Å².